The minimum atomic E-state index is 0.278. The van der Waals surface area contributed by atoms with Gasteiger partial charge in [-0.3, -0.25) is 4.90 Å². The van der Waals surface area contributed by atoms with Crippen LogP contribution >= 0.6 is 11.3 Å². The fourth-order valence-electron chi connectivity index (χ4n) is 4.02. The van der Waals surface area contributed by atoms with Crippen molar-refractivity contribution in [1.82, 2.24) is 9.88 Å². The zero-order chi connectivity index (χ0) is 14.7. The van der Waals surface area contributed by atoms with Gasteiger partial charge in [-0.1, -0.05) is 13.3 Å². The van der Waals surface area contributed by atoms with Crippen molar-refractivity contribution in [3.8, 4) is 0 Å². The number of piperazine rings is 1. The van der Waals surface area contributed by atoms with Gasteiger partial charge in [0.1, 0.15) is 0 Å². The van der Waals surface area contributed by atoms with Crippen LogP contribution in [-0.4, -0.2) is 48.1 Å². The molecule has 118 valence electrons. The second-order valence-electron chi connectivity index (χ2n) is 6.57. The lowest BCUT2D eigenvalue weighted by atomic mass is 9.74. The largest absolute Gasteiger partial charge is 0.346 e. The summed E-state index contributed by atoms with van der Waals surface area (Å²) in [5.41, 5.74) is 6.50. The van der Waals surface area contributed by atoms with Crippen molar-refractivity contribution in [3.63, 3.8) is 0 Å². The Hall–Kier alpha value is -0.650. The van der Waals surface area contributed by atoms with Crippen LogP contribution in [0.4, 0.5) is 5.13 Å². The molecular weight excluding hydrogens is 280 g/mol. The summed E-state index contributed by atoms with van der Waals surface area (Å²) in [6, 6.07) is 0. The third-order valence-corrected chi connectivity index (χ3v) is 6.47. The van der Waals surface area contributed by atoms with Gasteiger partial charge in [-0.05, 0) is 31.6 Å². The van der Waals surface area contributed by atoms with Crippen molar-refractivity contribution in [1.29, 1.82) is 0 Å². The Balaban J connectivity index is 1.59. The fourth-order valence-corrected chi connectivity index (χ4v) is 4.71. The van der Waals surface area contributed by atoms with E-state index < -0.39 is 0 Å². The Morgan fingerprint density at radius 3 is 2.52 bits per heavy atom. The smallest absolute Gasteiger partial charge is 0.185 e. The van der Waals surface area contributed by atoms with E-state index in [1.54, 1.807) is 11.3 Å². The molecule has 1 saturated heterocycles. The molecule has 1 aliphatic heterocycles. The van der Waals surface area contributed by atoms with E-state index in [9.17, 15) is 0 Å². The van der Waals surface area contributed by atoms with Gasteiger partial charge in [0.05, 0.1) is 0 Å². The summed E-state index contributed by atoms with van der Waals surface area (Å²) in [4.78, 5) is 9.54. The van der Waals surface area contributed by atoms with Crippen LogP contribution < -0.4 is 10.6 Å². The lowest BCUT2D eigenvalue weighted by Gasteiger charge is -2.50. The quantitative estimate of drug-likeness (QED) is 0.928. The molecule has 0 spiro atoms. The second kappa shape index (κ2) is 6.63. The van der Waals surface area contributed by atoms with Crippen molar-refractivity contribution in [2.24, 2.45) is 11.7 Å². The van der Waals surface area contributed by atoms with Gasteiger partial charge in [0.25, 0.3) is 0 Å². The molecule has 4 nitrogen and oxygen atoms in total. The first-order valence-corrected chi connectivity index (χ1v) is 9.25. The highest BCUT2D eigenvalue weighted by Crippen LogP contribution is 2.38. The molecular formula is C16H28N4S. The fraction of sp³-hybridized carbons (Fsp3) is 0.812. The summed E-state index contributed by atoms with van der Waals surface area (Å²) in [7, 11) is 0. The van der Waals surface area contributed by atoms with E-state index in [0.29, 0.717) is 0 Å². The maximum absolute atomic E-state index is 6.22. The van der Waals surface area contributed by atoms with Crippen molar-refractivity contribution in [2.75, 3.05) is 37.6 Å². The van der Waals surface area contributed by atoms with Crippen LogP contribution in [-0.2, 0) is 0 Å². The third kappa shape index (κ3) is 3.10. The van der Waals surface area contributed by atoms with E-state index in [4.69, 9.17) is 5.73 Å². The summed E-state index contributed by atoms with van der Waals surface area (Å²) in [6.07, 6.45) is 8.54. The number of anilines is 1. The standard InChI is InChI=1S/C16H28N4S/c1-2-14-3-5-16(13-17,6-4-14)20-10-8-19(9-11-20)15-18-7-12-21-15/h7,12,14H,2-6,8-11,13,17H2,1H3. The van der Waals surface area contributed by atoms with Gasteiger partial charge in [0.15, 0.2) is 5.13 Å². The molecule has 0 radical (unpaired) electrons. The Morgan fingerprint density at radius 2 is 2.00 bits per heavy atom. The molecule has 2 N–H and O–H groups in total. The molecule has 2 aliphatic rings. The predicted molar refractivity (Wildman–Crippen MR) is 89.9 cm³/mol. The van der Waals surface area contributed by atoms with Crippen LogP contribution in [0.5, 0.6) is 0 Å². The molecule has 3 rings (SSSR count). The highest BCUT2D eigenvalue weighted by molar-refractivity contribution is 7.13. The monoisotopic (exact) mass is 308 g/mol. The summed E-state index contributed by atoms with van der Waals surface area (Å²) < 4.78 is 0. The van der Waals surface area contributed by atoms with Crippen LogP contribution in [0.15, 0.2) is 11.6 Å². The molecule has 0 atom stereocenters. The van der Waals surface area contributed by atoms with Gasteiger partial charge in [0, 0.05) is 49.8 Å². The maximum Gasteiger partial charge on any atom is 0.185 e. The molecule has 0 unspecified atom stereocenters. The van der Waals surface area contributed by atoms with Crippen LogP contribution in [0, 0.1) is 5.92 Å². The first-order valence-electron chi connectivity index (χ1n) is 8.37. The Bertz CT molecular complexity index is 417. The average molecular weight is 308 g/mol. The minimum Gasteiger partial charge on any atom is -0.346 e. The second-order valence-corrected chi connectivity index (χ2v) is 7.44. The molecule has 2 heterocycles. The number of rotatable bonds is 4. The molecule has 0 amide bonds. The number of aromatic nitrogens is 1. The lowest BCUT2D eigenvalue weighted by molar-refractivity contribution is 0.0371. The van der Waals surface area contributed by atoms with E-state index in [2.05, 4.69) is 27.1 Å². The van der Waals surface area contributed by atoms with Crippen LogP contribution in [0.3, 0.4) is 0 Å². The number of hydrogen-bond acceptors (Lipinski definition) is 5. The lowest BCUT2D eigenvalue weighted by Crippen LogP contribution is -2.61. The summed E-state index contributed by atoms with van der Waals surface area (Å²) in [5.74, 6) is 0.932. The van der Waals surface area contributed by atoms with E-state index >= 15 is 0 Å². The first-order chi connectivity index (χ1) is 10.3. The number of hydrogen-bond donors (Lipinski definition) is 1. The van der Waals surface area contributed by atoms with Gasteiger partial charge in [-0.25, -0.2) is 4.98 Å². The summed E-state index contributed by atoms with van der Waals surface area (Å²) >= 11 is 1.75. The zero-order valence-electron chi connectivity index (χ0n) is 13.1. The van der Waals surface area contributed by atoms with Gasteiger partial charge in [0.2, 0.25) is 0 Å². The van der Waals surface area contributed by atoms with Crippen molar-refractivity contribution in [3.05, 3.63) is 11.6 Å². The molecule has 1 aliphatic carbocycles. The average Bonchev–Trinajstić information content (AvgIpc) is 3.09. The molecule has 21 heavy (non-hydrogen) atoms. The predicted octanol–water partition coefficient (Wildman–Crippen LogP) is 2.56. The Kier molecular flexibility index (Phi) is 4.82. The van der Waals surface area contributed by atoms with E-state index in [-0.39, 0.29) is 5.54 Å². The first kappa shape index (κ1) is 15.3. The molecule has 1 saturated carbocycles. The SMILES string of the molecule is CCC1CCC(CN)(N2CCN(c3nccs3)CC2)CC1. The van der Waals surface area contributed by atoms with Crippen molar-refractivity contribution < 1.29 is 0 Å². The van der Waals surface area contributed by atoms with E-state index in [1.165, 1.54) is 37.2 Å². The van der Waals surface area contributed by atoms with Crippen molar-refractivity contribution in [2.45, 2.75) is 44.6 Å². The number of thiazole rings is 1. The molecule has 1 aromatic rings. The van der Waals surface area contributed by atoms with Gasteiger partial charge in [-0.15, -0.1) is 11.3 Å². The number of nitrogens with two attached hydrogens (primary N) is 1. The number of nitrogens with zero attached hydrogens (tertiary/aromatic N) is 3. The highest BCUT2D eigenvalue weighted by atomic mass is 32.1. The zero-order valence-corrected chi connectivity index (χ0v) is 13.9. The molecule has 1 aromatic heterocycles. The molecule has 0 aromatic carbocycles. The van der Waals surface area contributed by atoms with Crippen LogP contribution in [0.2, 0.25) is 0 Å². The van der Waals surface area contributed by atoms with Crippen molar-refractivity contribution >= 4 is 16.5 Å². The van der Waals surface area contributed by atoms with E-state index in [0.717, 1.165) is 38.6 Å². The maximum atomic E-state index is 6.22. The van der Waals surface area contributed by atoms with Crippen LogP contribution in [0.1, 0.15) is 39.0 Å². The molecule has 2 fully saturated rings. The summed E-state index contributed by atoms with van der Waals surface area (Å²) in [5, 5.41) is 3.24. The van der Waals surface area contributed by atoms with E-state index in [1.807, 2.05) is 6.20 Å². The minimum absolute atomic E-state index is 0.278. The van der Waals surface area contributed by atoms with Gasteiger partial charge in [-0.2, -0.15) is 0 Å². The normalized spacial score (nSPS) is 31.5. The van der Waals surface area contributed by atoms with Crippen LogP contribution in [0.25, 0.3) is 0 Å². The Labute approximate surface area is 132 Å². The topological polar surface area (TPSA) is 45.4 Å². The third-order valence-electron chi connectivity index (χ3n) is 5.63. The Morgan fingerprint density at radius 1 is 1.29 bits per heavy atom. The van der Waals surface area contributed by atoms with Gasteiger partial charge >= 0.3 is 0 Å². The molecule has 0 bridgehead atoms. The highest BCUT2D eigenvalue weighted by Gasteiger charge is 2.40. The summed E-state index contributed by atoms with van der Waals surface area (Å²) in [6.45, 7) is 7.59. The molecule has 5 heteroatoms. The van der Waals surface area contributed by atoms with Gasteiger partial charge < -0.3 is 10.6 Å².